The minimum Gasteiger partial charge on any atom is -0.325 e. The molecule has 1 aromatic heterocycles. The molecular weight excluding hydrogens is 304 g/mol. The smallest absolute Gasteiger partial charge is 0.248 e. The number of nitrogens with zero attached hydrogens (tertiary/aromatic N) is 2. The normalized spacial score (nSPS) is 10.8. The zero-order valence-corrected chi connectivity index (χ0v) is 13.7. The van der Waals surface area contributed by atoms with E-state index in [9.17, 15) is 9.59 Å². The molecule has 0 unspecified atom stereocenters. The number of rotatable bonds is 6. The van der Waals surface area contributed by atoms with Crippen molar-refractivity contribution in [2.24, 2.45) is 0 Å². The first-order chi connectivity index (χ1) is 11.5. The average Bonchev–Trinajstić information content (AvgIpc) is 2.55. The molecule has 6 heteroatoms. The fourth-order valence-corrected chi connectivity index (χ4v) is 1.96. The van der Waals surface area contributed by atoms with Crippen LogP contribution in [0.15, 0.2) is 54.9 Å². The van der Waals surface area contributed by atoms with Gasteiger partial charge in [0, 0.05) is 29.8 Å². The van der Waals surface area contributed by atoms with Crippen molar-refractivity contribution in [1.29, 1.82) is 0 Å². The average molecular weight is 324 g/mol. The van der Waals surface area contributed by atoms with Gasteiger partial charge in [0.15, 0.2) is 0 Å². The Kier molecular flexibility index (Phi) is 6.22. The molecule has 124 valence electrons. The second-order valence-corrected chi connectivity index (χ2v) is 5.47. The summed E-state index contributed by atoms with van der Waals surface area (Å²) in [7, 11) is 3.66. The fourth-order valence-electron chi connectivity index (χ4n) is 1.96. The molecular formula is C18H20N4O2. The number of benzene rings is 1. The van der Waals surface area contributed by atoms with Gasteiger partial charge in [0.2, 0.25) is 11.8 Å². The Balaban J connectivity index is 1.88. The molecule has 0 atom stereocenters. The lowest BCUT2D eigenvalue weighted by molar-refractivity contribution is -0.116. The predicted octanol–water partition coefficient (Wildman–Crippen LogP) is 2.23. The first kappa shape index (κ1) is 17.4. The van der Waals surface area contributed by atoms with Crippen LogP contribution < -0.4 is 10.6 Å². The molecule has 1 heterocycles. The number of aromatic nitrogens is 1. The summed E-state index contributed by atoms with van der Waals surface area (Å²) in [5.74, 6) is -0.320. The lowest BCUT2D eigenvalue weighted by Gasteiger charge is -2.10. The predicted molar refractivity (Wildman–Crippen MR) is 95.5 cm³/mol. The van der Waals surface area contributed by atoms with Crippen LogP contribution in [0, 0.1) is 0 Å². The number of hydrogen-bond acceptors (Lipinski definition) is 4. The van der Waals surface area contributed by atoms with Crippen LogP contribution >= 0.6 is 0 Å². The number of carbonyl (C=O) groups excluding carboxylic acids is 2. The Bertz CT molecular complexity index is 710. The summed E-state index contributed by atoms with van der Waals surface area (Å²) >= 11 is 0. The molecule has 0 bridgehead atoms. The van der Waals surface area contributed by atoms with E-state index in [0.29, 0.717) is 17.9 Å². The Hall–Kier alpha value is -2.99. The Morgan fingerprint density at radius 2 is 1.75 bits per heavy atom. The topological polar surface area (TPSA) is 74.3 Å². The van der Waals surface area contributed by atoms with Crippen molar-refractivity contribution in [1.82, 2.24) is 9.88 Å². The van der Waals surface area contributed by atoms with Gasteiger partial charge < -0.3 is 15.5 Å². The quantitative estimate of drug-likeness (QED) is 0.799. The van der Waals surface area contributed by atoms with Crippen LogP contribution in [0.5, 0.6) is 0 Å². The third-order valence-corrected chi connectivity index (χ3v) is 3.01. The van der Waals surface area contributed by atoms with Crippen molar-refractivity contribution >= 4 is 29.3 Å². The molecule has 1 aromatic carbocycles. The van der Waals surface area contributed by atoms with Crippen LogP contribution in [0.2, 0.25) is 0 Å². The zero-order chi connectivity index (χ0) is 17.4. The van der Waals surface area contributed by atoms with E-state index in [-0.39, 0.29) is 11.8 Å². The van der Waals surface area contributed by atoms with Gasteiger partial charge in [-0.05, 0) is 56.1 Å². The van der Waals surface area contributed by atoms with E-state index in [0.717, 1.165) is 5.56 Å². The number of hydrogen-bond donors (Lipinski definition) is 2. The SMILES string of the molecule is CN(C)CC(=O)Nc1ccc(NC(=O)/C=C\c2cccnc2)cc1. The van der Waals surface area contributed by atoms with Crippen molar-refractivity contribution < 1.29 is 9.59 Å². The maximum Gasteiger partial charge on any atom is 0.248 e. The van der Waals surface area contributed by atoms with E-state index < -0.39 is 0 Å². The van der Waals surface area contributed by atoms with Crippen molar-refractivity contribution in [2.45, 2.75) is 0 Å². The summed E-state index contributed by atoms with van der Waals surface area (Å²) in [6, 6.07) is 10.6. The molecule has 2 N–H and O–H groups in total. The van der Waals surface area contributed by atoms with Crippen LogP contribution in [0.3, 0.4) is 0 Å². The van der Waals surface area contributed by atoms with Gasteiger partial charge in [0.25, 0.3) is 0 Å². The van der Waals surface area contributed by atoms with Crippen LogP contribution in [0.1, 0.15) is 5.56 Å². The number of amides is 2. The number of likely N-dealkylation sites (N-methyl/N-ethyl adjacent to an activating group) is 1. The molecule has 24 heavy (non-hydrogen) atoms. The van der Waals surface area contributed by atoms with Gasteiger partial charge in [-0.2, -0.15) is 0 Å². The molecule has 2 aromatic rings. The van der Waals surface area contributed by atoms with Gasteiger partial charge in [-0.15, -0.1) is 0 Å². The number of pyridine rings is 1. The van der Waals surface area contributed by atoms with Gasteiger partial charge in [0.1, 0.15) is 0 Å². The minimum atomic E-state index is -0.233. The van der Waals surface area contributed by atoms with Crippen LogP contribution in [0.4, 0.5) is 11.4 Å². The number of carbonyl (C=O) groups is 2. The summed E-state index contributed by atoms with van der Waals surface area (Å²) < 4.78 is 0. The van der Waals surface area contributed by atoms with Gasteiger partial charge >= 0.3 is 0 Å². The van der Waals surface area contributed by atoms with Crippen molar-refractivity contribution in [3.05, 3.63) is 60.4 Å². The molecule has 0 aliphatic heterocycles. The van der Waals surface area contributed by atoms with Crippen molar-refractivity contribution in [2.75, 3.05) is 31.3 Å². The van der Waals surface area contributed by atoms with E-state index in [4.69, 9.17) is 0 Å². The number of nitrogens with one attached hydrogen (secondary N) is 2. The highest BCUT2D eigenvalue weighted by Crippen LogP contribution is 2.13. The molecule has 2 rings (SSSR count). The lowest BCUT2D eigenvalue weighted by atomic mass is 10.2. The third kappa shape index (κ3) is 6.02. The largest absolute Gasteiger partial charge is 0.325 e. The summed E-state index contributed by atoms with van der Waals surface area (Å²) in [6.07, 6.45) is 6.49. The third-order valence-electron chi connectivity index (χ3n) is 3.01. The summed E-state index contributed by atoms with van der Waals surface area (Å²) in [6.45, 7) is 0.317. The Labute approximate surface area is 141 Å². The highest BCUT2D eigenvalue weighted by Gasteiger charge is 2.04. The van der Waals surface area contributed by atoms with Crippen LogP contribution in [-0.4, -0.2) is 42.3 Å². The Morgan fingerprint density at radius 1 is 1.08 bits per heavy atom. The molecule has 2 amide bonds. The van der Waals surface area contributed by atoms with E-state index in [1.165, 1.54) is 6.08 Å². The minimum absolute atomic E-state index is 0.0869. The van der Waals surface area contributed by atoms with E-state index >= 15 is 0 Å². The molecule has 0 aliphatic rings. The van der Waals surface area contributed by atoms with Crippen molar-refractivity contribution in [3.8, 4) is 0 Å². The van der Waals surface area contributed by atoms with Crippen molar-refractivity contribution in [3.63, 3.8) is 0 Å². The summed E-state index contributed by atoms with van der Waals surface area (Å²) in [5, 5.41) is 5.54. The number of anilines is 2. The standard InChI is InChI=1S/C18H20N4O2/c1-22(2)13-18(24)21-16-8-6-15(7-9-16)20-17(23)10-5-14-4-3-11-19-12-14/h3-12H,13H2,1-2H3,(H,20,23)(H,21,24)/b10-5-. The molecule has 0 radical (unpaired) electrons. The Morgan fingerprint density at radius 3 is 2.33 bits per heavy atom. The first-order valence-electron chi connectivity index (χ1n) is 7.46. The lowest BCUT2D eigenvalue weighted by Crippen LogP contribution is -2.27. The summed E-state index contributed by atoms with van der Waals surface area (Å²) in [4.78, 5) is 29.3. The van der Waals surface area contributed by atoms with E-state index in [2.05, 4.69) is 15.6 Å². The molecule has 0 aliphatic carbocycles. The van der Waals surface area contributed by atoms with Crippen LogP contribution in [-0.2, 0) is 9.59 Å². The van der Waals surface area contributed by atoms with Gasteiger partial charge in [0.05, 0.1) is 6.54 Å². The summed E-state index contributed by atoms with van der Waals surface area (Å²) in [5.41, 5.74) is 2.19. The highest BCUT2D eigenvalue weighted by molar-refractivity contribution is 6.02. The second-order valence-electron chi connectivity index (χ2n) is 5.47. The molecule has 0 spiro atoms. The van der Waals surface area contributed by atoms with Crippen LogP contribution in [0.25, 0.3) is 6.08 Å². The molecule has 0 saturated carbocycles. The van der Waals surface area contributed by atoms with E-state index in [1.54, 1.807) is 53.7 Å². The molecule has 0 fully saturated rings. The fraction of sp³-hybridized carbons (Fsp3) is 0.167. The van der Waals surface area contributed by atoms with Gasteiger partial charge in [-0.1, -0.05) is 6.07 Å². The van der Waals surface area contributed by atoms with Gasteiger partial charge in [-0.3, -0.25) is 14.6 Å². The first-order valence-corrected chi connectivity index (χ1v) is 7.46. The van der Waals surface area contributed by atoms with Gasteiger partial charge in [-0.25, -0.2) is 0 Å². The highest BCUT2D eigenvalue weighted by atomic mass is 16.2. The molecule has 0 saturated heterocycles. The maximum atomic E-state index is 11.9. The second kappa shape index (κ2) is 8.59. The monoisotopic (exact) mass is 324 g/mol. The van der Waals surface area contributed by atoms with E-state index in [1.807, 2.05) is 20.2 Å². The maximum absolute atomic E-state index is 11.9. The zero-order valence-electron chi connectivity index (χ0n) is 13.7. The molecule has 6 nitrogen and oxygen atoms in total.